The van der Waals surface area contributed by atoms with Gasteiger partial charge in [-0.2, -0.15) is 36.3 Å². The quantitative estimate of drug-likeness (QED) is 0.0295. The van der Waals surface area contributed by atoms with E-state index in [1.54, 1.807) is 12.1 Å². The highest BCUT2D eigenvalue weighted by atomic mass is 32.2. The maximum absolute atomic E-state index is 14.8. The molecule has 12 nitrogen and oxygen atoms in total. The summed E-state index contributed by atoms with van der Waals surface area (Å²) in [5, 5.41) is -1.36. The highest BCUT2D eigenvalue weighted by Gasteiger charge is 2.33. The van der Waals surface area contributed by atoms with Crippen molar-refractivity contribution in [3.05, 3.63) is 234 Å². The van der Waals surface area contributed by atoms with Gasteiger partial charge in [0.15, 0.2) is 10.3 Å². The second-order valence-electron chi connectivity index (χ2n) is 21.0. The molecule has 0 spiro atoms. The molecule has 8 aromatic rings. The third-order valence-electron chi connectivity index (χ3n) is 15.0. The van der Waals surface area contributed by atoms with E-state index in [9.17, 15) is 58.4 Å². The van der Waals surface area contributed by atoms with Gasteiger partial charge in [-0.15, -0.1) is 0 Å². The Bertz CT molecular complexity index is 5450. The molecule has 508 valence electrons. The molecule has 96 heavy (non-hydrogen) atoms. The third-order valence-corrected chi connectivity index (χ3v) is 16.6. The summed E-state index contributed by atoms with van der Waals surface area (Å²) in [7, 11) is 0. The molecule has 0 aliphatic heterocycles. The predicted octanol–water partition coefficient (Wildman–Crippen LogP) is 15.2. The van der Waals surface area contributed by atoms with E-state index in [0.717, 1.165) is 68.7 Å². The summed E-state index contributed by atoms with van der Waals surface area (Å²) in [5.74, 6) is -8.18. The zero-order chi connectivity index (χ0) is 93.8. The summed E-state index contributed by atoms with van der Waals surface area (Å²) >= 11 is 0.0243. The van der Waals surface area contributed by atoms with Gasteiger partial charge in [0.1, 0.15) is 24.7 Å². The Labute approximate surface area is 603 Å². The molecule has 0 fully saturated rings. The molecule has 0 saturated carbocycles. The van der Waals surface area contributed by atoms with Gasteiger partial charge in [-0.3, -0.25) is 19.2 Å². The number of rotatable bonds is 26. The van der Waals surface area contributed by atoms with Gasteiger partial charge >= 0.3 is 12.4 Å². The lowest BCUT2D eigenvalue weighted by Gasteiger charge is -2.33. The topological polar surface area (TPSA) is 117 Å². The molecule has 2 aliphatic rings. The number of carbonyl (C=O) groups is 2. The summed E-state index contributed by atoms with van der Waals surface area (Å²) in [6, 6.07) is 8.39. The molecule has 2 unspecified atom stereocenters. The van der Waals surface area contributed by atoms with Gasteiger partial charge in [0.05, 0.1) is 32.2 Å². The number of amides is 2. The minimum atomic E-state index is -4.62. The average Bonchev–Trinajstić information content (AvgIpc) is 1.52. The van der Waals surface area contributed by atoms with Gasteiger partial charge in [-0.05, 0) is 164 Å². The van der Waals surface area contributed by atoms with Crippen LogP contribution >= 0.6 is 23.5 Å². The van der Waals surface area contributed by atoms with Crippen LogP contribution in [-0.2, 0) is 78.5 Å². The zero-order valence-corrected chi connectivity index (χ0v) is 53.8. The van der Waals surface area contributed by atoms with Crippen LogP contribution in [0.1, 0.15) is 148 Å². The molecular weight excluding hydrogens is 1280 g/mol. The zero-order valence-electron chi connectivity index (χ0n) is 80.2. The second kappa shape index (κ2) is 32.9. The highest BCUT2D eigenvalue weighted by Crippen LogP contribution is 2.35. The molecule has 0 saturated heterocycles. The van der Waals surface area contributed by atoms with Gasteiger partial charge in [-0.25, -0.2) is 8.78 Å². The van der Waals surface area contributed by atoms with Crippen LogP contribution in [0.15, 0.2) is 165 Å². The number of nitrogens with zero attached hydrogens (tertiary/aromatic N) is 8. The SMILES string of the molecule is [2H]c1c([2H])c(C([2H])([2H])Sc2nc(=O)c3c(n2CC(=O)N(CCN(C([2H])([2H])C)C([2H])([2H])C)C([2H])(C)c2ccc(-c4ccc(C(F)(F)F)cc4)cc2)CCC3)c([2H])c([2H])c1F.[2H]c1c([2H])c(C([2H])([2H])Sc2nc(=O)c3c(n2CC(=O)N(CCN(C([2H])([2H])C)C([2H])([2H])C)C([2H])([2H])c2ccc(-c4ccc(C(F)(F)F)cc4)cc2)C([2H])([2H])C([2H])(C)C3([2H])[2H])c([2H])c([2H])c1F. The van der Waals surface area contributed by atoms with Crippen molar-refractivity contribution < 1.29 is 83.1 Å². The monoisotopic (exact) mass is 1390 g/mol. The first-order chi connectivity index (χ1) is 56.4. The number of halogens is 8. The van der Waals surface area contributed by atoms with Crippen molar-refractivity contribution >= 4 is 35.3 Å². The Morgan fingerprint density at radius 2 is 1.02 bits per heavy atom. The number of hydrogen-bond donors (Lipinski definition) is 0. The van der Waals surface area contributed by atoms with E-state index in [2.05, 4.69) is 9.97 Å². The maximum Gasteiger partial charge on any atom is 0.416 e. The number of carbonyl (C=O) groups excluding carboxylic acids is 2. The number of fused-ring (bicyclic) bond motifs is 2. The molecule has 2 heterocycles. The molecule has 10 rings (SSSR count). The number of alkyl halides is 6. The highest BCUT2D eigenvalue weighted by molar-refractivity contribution is 7.98. The summed E-state index contributed by atoms with van der Waals surface area (Å²) in [6.45, 7) is -10.4. The van der Waals surface area contributed by atoms with Gasteiger partial charge < -0.3 is 28.7 Å². The smallest absolute Gasteiger partial charge is 0.336 e. The molecule has 6 aromatic carbocycles. The molecule has 2 aromatic heterocycles. The standard InChI is InChI=1S/2C37H40F4N4O2S/c1-4-43(5-2)18-19-44(22-26-6-10-28(11-7-26)29-12-14-30(15-13-29)37(39,40)41)34(46)23-45-33-21-25(3)20-32(33)35(47)42-36(45)48-24-27-8-16-31(38)17-9-27;1-4-43(5-2)21-22-44(25(3)27-11-13-28(14-12-27)29-15-17-30(18-16-29)37(39,40)41)34(46)23-45-33-8-6-7-32(33)35(47)42-36(45)48-24-26-9-19-31(38)20-10-26/h6-17,25H,4-5,18-24H2,1-3H3;9-20,25H,4-8,21-24H2,1-3H3/i4D2,5D2,8D,9D,16D,17D,20D2,21D2,22D2,24D2,25D;4D2,5D2,9D,10D,19D,20D,24D2,25D. The Hall–Kier alpha value is -7.92. The number of aromatic nitrogens is 4. The molecule has 2 atom stereocenters. The Morgan fingerprint density at radius 1 is 0.594 bits per heavy atom. The molecule has 0 radical (unpaired) electrons. The lowest BCUT2D eigenvalue weighted by molar-refractivity contribution is -0.138. The molecule has 0 N–H and O–H groups in total. The van der Waals surface area contributed by atoms with Crippen molar-refractivity contribution in [1.82, 2.24) is 38.7 Å². The lowest BCUT2D eigenvalue weighted by Crippen LogP contribution is -2.42. The fraction of sp³-hybridized carbons (Fsp3) is 0.378. The van der Waals surface area contributed by atoms with E-state index in [1.165, 1.54) is 72.2 Å². The fourth-order valence-electron chi connectivity index (χ4n) is 10.0. The first kappa shape index (κ1) is 43.4. The van der Waals surface area contributed by atoms with E-state index in [1.807, 2.05) is 0 Å². The Kier molecular flexibility index (Phi) is 14.9. The number of hydrogen-bond acceptors (Lipinski definition) is 10. The molecule has 22 heteroatoms. The summed E-state index contributed by atoms with van der Waals surface area (Å²) in [5.41, 5.74) is -12.1. The van der Waals surface area contributed by atoms with Crippen LogP contribution in [0.2, 0.25) is 0 Å². The van der Waals surface area contributed by atoms with E-state index in [0.29, 0.717) is 43.2 Å². The van der Waals surface area contributed by atoms with Crippen molar-refractivity contribution in [3.8, 4) is 22.3 Å². The van der Waals surface area contributed by atoms with E-state index >= 15 is 0 Å². The van der Waals surface area contributed by atoms with Crippen molar-refractivity contribution in [1.29, 1.82) is 0 Å². The van der Waals surface area contributed by atoms with Crippen molar-refractivity contribution in [2.45, 2.75) is 133 Å². The number of thioether (sulfide) groups is 2. The van der Waals surface area contributed by atoms with Crippen LogP contribution < -0.4 is 11.1 Å². The van der Waals surface area contributed by atoms with Gasteiger partial charge in [0.2, 0.25) is 11.8 Å². The van der Waals surface area contributed by atoms with Crippen LogP contribution in [0.5, 0.6) is 0 Å². The minimum Gasteiger partial charge on any atom is -0.336 e. The van der Waals surface area contributed by atoms with Gasteiger partial charge in [0.25, 0.3) is 11.1 Å². The fourth-order valence-corrected chi connectivity index (χ4v) is 11.4. The molecular formula is C74H80F8N8O4S2. The largest absolute Gasteiger partial charge is 0.416 e. The Morgan fingerprint density at radius 3 is 1.49 bits per heavy atom. The molecule has 2 amide bonds. The first-order valence-corrected chi connectivity index (χ1v) is 31.0. The summed E-state index contributed by atoms with van der Waals surface area (Å²) in [4.78, 5) is 67.3. The number of likely N-dealkylation sites (N-methyl/N-ethyl adjacent to an activating group) is 2. The summed E-state index contributed by atoms with van der Waals surface area (Å²) in [6.07, 6.45) is -14.6. The van der Waals surface area contributed by atoms with E-state index in [4.69, 9.17) is 34.3 Å². The van der Waals surface area contributed by atoms with Crippen LogP contribution in [0.4, 0.5) is 35.1 Å². The van der Waals surface area contributed by atoms with Crippen molar-refractivity contribution in [2.24, 2.45) is 5.89 Å². The first-order valence-electron chi connectivity index (χ1n) is 43.3. The third kappa shape index (κ3) is 18.8. The summed E-state index contributed by atoms with van der Waals surface area (Å²) < 4.78 is 348. The maximum atomic E-state index is 14.8. The second-order valence-corrected chi connectivity index (χ2v) is 22.6. The van der Waals surface area contributed by atoms with Crippen LogP contribution in [0.25, 0.3) is 22.3 Å². The van der Waals surface area contributed by atoms with Crippen molar-refractivity contribution in [2.75, 3.05) is 52.2 Å². The van der Waals surface area contributed by atoms with Gasteiger partial charge in [0, 0.05) is 89.9 Å². The number of benzene rings is 6. The predicted molar refractivity (Wildman–Crippen MR) is 362 cm³/mol. The average molecular weight is 1390 g/mol. The van der Waals surface area contributed by atoms with Crippen LogP contribution in [0.3, 0.4) is 0 Å². The van der Waals surface area contributed by atoms with Gasteiger partial charge in [-0.1, -0.05) is 155 Å². The van der Waals surface area contributed by atoms with E-state index < -0.39 is 242 Å². The molecule has 0 bridgehead atoms. The normalized spacial score (nSPS) is 21.4. The Balaban J connectivity index is 0.000000282. The van der Waals surface area contributed by atoms with Crippen LogP contribution in [-0.4, -0.2) is 103 Å². The minimum absolute atomic E-state index is 0.186. The van der Waals surface area contributed by atoms with Crippen molar-refractivity contribution in [3.63, 3.8) is 0 Å². The molecule has 2 aliphatic carbocycles. The lowest BCUT2D eigenvalue weighted by atomic mass is 9.99. The van der Waals surface area contributed by atoms with E-state index in [-0.39, 0.29) is 63.8 Å². The van der Waals surface area contributed by atoms with Crippen LogP contribution in [0, 0.1) is 17.5 Å².